The van der Waals surface area contributed by atoms with E-state index < -0.39 is 0 Å². The van der Waals surface area contributed by atoms with Crippen molar-refractivity contribution < 1.29 is 19.3 Å². The van der Waals surface area contributed by atoms with Gasteiger partial charge in [-0.2, -0.15) is 0 Å². The summed E-state index contributed by atoms with van der Waals surface area (Å²) in [6, 6.07) is 0.484. The zero-order valence-electron chi connectivity index (χ0n) is 15.7. The van der Waals surface area contributed by atoms with Gasteiger partial charge in [-0.1, -0.05) is 24.5 Å². The Bertz CT molecular complexity index is 490. The van der Waals surface area contributed by atoms with Gasteiger partial charge in [-0.05, 0) is 31.8 Å². The maximum absolute atomic E-state index is 9.84. The quantitative estimate of drug-likeness (QED) is 0.764. The molecule has 1 saturated carbocycles. The van der Waals surface area contributed by atoms with Gasteiger partial charge in [-0.3, -0.25) is 4.90 Å². The maximum atomic E-state index is 9.84. The Morgan fingerprint density at radius 3 is 2.72 bits per heavy atom. The summed E-state index contributed by atoms with van der Waals surface area (Å²) >= 11 is 0. The Morgan fingerprint density at radius 1 is 1.16 bits per heavy atom. The largest absolute Gasteiger partial charge is 0.498 e. The highest BCUT2D eigenvalue weighted by Gasteiger charge is 2.34. The summed E-state index contributed by atoms with van der Waals surface area (Å²) < 4.78 is 17.2. The minimum absolute atomic E-state index is 0.0264. The number of allylic oxidation sites excluding steroid dienone is 2. The average molecular weight is 351 g/mol. The monoisotopic (exact) mass is 351 g/mol. The van der Waals surface area contributed by atoms with E-state index in [1.807, 2.05) is 6.08 Å². The summed E-state index contributed by atoms with van der Waals surface area (Å²) in [6.07, 6.45) is 12.0. The van der Waals surface area contributed by atoms with Crippen LogP contribution in [0.5, 0.6) is 0 Å². The summed E-state index contributed by atoms with van der Waals surface area (Å²) in [5, 5.41) is 9.84. The number of rotatable bonds is 7. The van der Waals surface area contributed by atoms with Gasteiger partial charge in [0.2, 0.25) is 0 Å². The molecule has 5 heteroatoms. The second-order valence-corrected chi connectivity index (χ2v) is 7.48. The van der Waals surface area contributed by atoms with Crippen molar-refractivity contribution in [2.24, 2.45) is 0 Å². The van der Waals surface area contributed by atoms with Crippen molar-refractivity contribution in [3.05, 3.63) is 23.5 Å². The summed E-state index contributed by atoms with van der Waals surface area (Å²) in [5.74, 6) is 0.895. The third kappa shape index (κ3) is 4.85. The number of hydrogen-bond donors (Lipinski definition) is 1. The van der Waals surface area contributed by atoms with Crippen LogP contribution >= 0.6 is 0 Å². The normalized spacial score (nSPS) is 33.9. The van der Waals surface area contributed by atoms with Crippen LogP contribution in [0.4, 0.5) is 0 Å². The molecule has 0 aromatic heterocycles. The van der Waals surface area contributed by atoms with Crippen LogP contribution in [-0.4, -0.2) is 68.3 Å². The molecule has 1 N–H and O–H groups in total. The van der Waals surface area contributed by atoms with Crippen molar-refractivity contribution in [1.29, 1.82) is 0 Å². The summed E-state index contributed by atoms with van der Waals surface area (Å²) in [4.78, 5) is 2.45. The fraction of sp³-hybridized carbons (Fsp3) is 0.800. The fourth-order valence-electron chi connectivity index (χ4n) is 4.40. The van der Waals surface area contributed by atoms with E-state index in [2.05, 4.69) is 11.0 Å². The predicted octanol–water partition coefficient (Wildman–Crippen LogP) is 2.65. The van der Waals surface area contributed by atoms with Gasteiger partial charge < -0.3 is 19.3 Å². The highest BCUT2D eigenvalue weighted by Crippen LogP contribution is 2.29. The number of likely N-dealkylation sites (tertiary alicyclic amines) is 1. The molecule has 0 radical (unpaired) electrons. The first-order valence-corrected chi connectivity index (χ1v) is 9.71. The Kier molecular flexibility index (Phi) is 6.93. The lowest BCUT2D eigenvalue weighted by Crippen LogP contribution is -2.46. The van der Waals surface area contributed by atoms with Crippen molar-refractivity contribution in [3.8, 4) is 0 Å². The van der Waals surface area contributed by atoms with Gasteiger partial charge in [0.05, 0.1) is 25.9 Å². The molecule has 0 aromatic carbocycles. The molecule has 25 heavy (non-hydrogen) atoms. The minimum Gasteiger partial charge on any atom is -0.498 e. The standard InChI is InChI=1S/C20H33NO4/c1-23-19-8-7-15(13-20(19)24-2)10-12-25-18-6-4-3-5-17(18)21-11-9-16(22)14-21/h7-8,16-18,20,22H,3-6,9-14H2,1-2H3/t16-,17+,18+,20?/m1/s1. The molecule has 1 heterocycles. The zero-order valence-corrected chi connectivity index (χ0v) is 15.7. The van der Waals surface area contributed by atoms with Crippen molar-refractivity contribution >= 4 is 0 Å². The van der Waals surface area contributed by atoms with E-state index in [-0.39, 0.29) is 12.2 Å². The van der Waals surface area contributed by atoms with Crippen molar-refractivity contribution in [1.82, 2.24) is 4.90 Å². The summed E-state index contributed by atoms with van der Waals surface area (Å²) in [5.41, 5.74) is 1.36. The van der Waals surface area contributed by atoms with Crippen LogP contribution in [0.25, 0.3) is 0 Å². The first kappa shape index (κ1) is 18.9. The second kappa shape index (κ2) is 9.17. The molecule has 0 aromatic rings. The molecule has 1 aliphatic heterocycles. The highest BCUT2D eigenvalue weighted by atomic mass is 16.5. The number of aliphatic hydroxyl groups excluding tert-OH is 1. The van der Waals surface area contributed by atoms with E-state index >= 15 is 0 Å². The van der Waals surface area contributed by atoms with E-state index in [1.54, 1.807) is 14.2 Å². The molecule has 0 bridgehead atoms. The third-order valence-electron chi connectivity index (χ3n) is 5.86. The molecule has 2 fully saturated rings. The highest BCUT2D eigenvalue weighted by molar-refractivity contribution is 5.24. The van der Waals surface area contributed by atoms with Gasteiger partial charge in [0.15, 0.2) is 0 Å². The molecule has 2 aliphatic carbocycles. The van der Waals surface area contributed by atoms with Crippen molar-refractivity contribution in [2.45, 2.75) is 69.3 Å². The number of nitrogens with zero attached hydrogens (tertiary/aromatic N) is 1. The van der Waals surface area contributed by atoms with Crippen LogP contribution < -0.4 is 0 Å². The maximum Gasteiger partial charge on any atom is 0.125 e. The van der Waals surface area contributed by atoms with E-state index in [0.29, 0.717) is 12.1 Å². The molecule has 3 rings (SSSR count). The van der Waals surface area contributed by atoms with Crippen LogP contribution in [-0.2, 0) is 14.2 Å². The number of hydrogen-bond acceptors (Lipinski definition) is 5. The van der Waals surface area contributed by atoms with Gasteiger partial charge in [-0.15, -0.1) is 0 Å². The fourth-order valence-corrected chi connectivity index (χ4v) is 4.40. The minimum atomic E-state index is -0.150. The smallest absolute Gasteiger partial charge is 0.125 e. The van der Waals surface area contributed by atoms with Crippen LogP contribution in [0.2, 0.25) is 0 Å². The van der Waals surface area contributed by atoms with Gasteiger partial charge in [0, 0.05) is 32.7 Å². The first-order valence-electron chi connectivity index (χ1n) is 9.71. The van der Waals surface area contributed by atoms with Crippen molar-refractivity contribution in [2.75, 3.05) is 33.9 Å². The Balaban J connectivity index is 1.49. The Morgan fingerprint density at radius 2 is 2.00 bits per heavy atom. The van der Waals surface area contributed by atoms with Gasteiger partial charge in [0.1, 0.15) is 11.9 Å². The zero-order chi connectivity index (χ0) is 17.6. The van der Waals surface area contributed by atoms with Gasteiger partial charge >= 0.3 is 0 Å². The third-order valence-corrected chi connectivity index (χ3v) is 5.86. The summed E-state index contributed by atoms with van der Waals surface area (Å²) in [7, 11) is 3.42. The molecule has 0 amide bonds. The number of methoxy groups -OCH3 is 2. The molecular formula is C20H33NO4. The SMILES string of the molecule is COC1=CC=C(CCO[C@H]2CCCC[C@@H]2N2CC[C@@H](O)C2)CC1OC. The number of aliphatic hydroxyl groups is 1. The first-order chi connectivity index (χ1) is 12.2. The molecule has 0 spiro atoms. The van der Waals surface area contributed by atoms with Crippen molar-refractivity contribution in [3.63, 3.8) is 0 Å². The van der Waals surface area contributed by atoms with E-state index in [0.717, 1.165) is 51.1 Å². The van der Waals surface area contributed by atoms with Crippen LogP contribution in [0.3, 0.4) is 0 Å². The lowest BCUT2D eigenvalue weighted by atomic mass is 9.91. The second-order valence-electron chi connectivity index (χ2n) is 7.48. The topological polar surface area (TPSA) is 51.2 Å². The molecule has 3 aliphatic rings. The van der Waals surface area contributed by atoms with E-state index in [1.165, 1.54) is 24.8 Å². The average Bonchev–Trinajstić information content (AvgIpc) is 3.08. The van der Waals surface area contributed by atoms with Gasteiger partial charge in [0.25, 0.3) is 0 Å². The van der Waals surface area contributed by atoms with Gasteiger partial charge in [-0.25, -0.2) is 0 Å². The summed E-state index contributed by atoms with van der Waals surface area (Å²) in [6.45, 7) is 2.59. The van der Waals surface area contributed by atoms with E-state index in [4.69, 9.17) is 14.2 Å². The Hall–Kier alpha value is -0.880. The molecule has 1 saturated heterocycles. The number of ether oxygens (including phenoxy) is 3. The molecule has 142 valence electrons. The molecule has 1 unspecified atom stereocenters. The predicted molar refractivity (Wildman–Crippen MR) is 97.4 cm³/mol. The number of β-amino-alcohol motifs (C(OH)–C–C–N with tert-alkyl or cyclic N) is 1. The molecular weight excluding hydrogens is 318 g/mol. The van der Waals surface area contributed by atoms with E-state index in [9.17, 15) is 5.11 Å². The molecule has 4 atom stereocenters. The van der Waals surface area contributed by atoms with Crippen LogP contribution in [0, 0.1) is 0 Å². The lowest BCUT2D eigenvalue weighted by Gasteiger charge is -2.37. The lowest BCUT2D eigenvalue weighted by molar-refractivity contribution is -0.0320. The molecule has 5 nitrogen and oxygen atoms in total. The van der Waals surface area contributed by atoms with Crippen LogP contribution in [0.15, 0.2) is 23.5 Å². The van der Waals surface area contributed by atoms with Crippen LogP contribution in [0.1, 0.15) is 44.9 Å². The Labute approximate surface area is 151 Å².